The van der Waals surface area contributed by atoms with Crippen molar-refractivity contribution < 1.29 is 5.11 Å². The summed E-state index contributed by atoms with van der Waals surface area (Å²) < 4.78 is 0. The summed E-state index contributed by atoms with van der Waals surface area (Å²) in [5.41, 5.74) is 2.21. The molecule has 2 aromatic rings. The van der Waals surface area contributed by atoms with Crippen molar-refractivity contribution in [3.8, 4) is 0 Å². The smallest absolute Gasteiger partial charge is 0.115 e. The maximum Gasteiger partial charge on any atom is 0.115 e. The average Bonchev–Trinajstić information content (AvgIpc) is 2.80. The fourth-order valence-electron chi connectivity index (χ4n) is 2.98. The van der Waals surface area contributed by atoms with Gasteiger partial charge in [-0.3, -0.25) is 4.99 Å². The molecule has 0 fully saturated rings. The van der Waals surface area contributed by atoms with E-state index in [1.807, 2.05) is 24.4 Å². The standard InChI is InChI=1S/C17H30O.C15H15NS/c1-9-10-11-15(18)14(17(6,7)8)12-13(2)16(3,4)5;1-2-12-16-14-10-6-7-11-15(14)17-13-8-4-3-5-9-13/h9,11-13,18H,1,10H2,2-8H3;3-12H,2H2,1H3/b14-12+,15-11+;. The number of rotatable bonds is 8. The van der Waals surface area contributed by atoms with E-state index in [1.54, 1.807) is 17.8 Å². The van der Waals surface area contributed by atoms with E-state index in [-0.39, 0.29) is 10.8 Å². The molecule has 0 aliphatic carbocycles. The second-order valence-corrected chi connectivity index (χ2v) is 11.8. The molecular weight excluding hydrogens is 446 g/mol. The number of nitrogens with zero attached hydrogens (tertiary/aromatic N) is 1. The van der Waals surface area contributed by atoms with Crippen LogP contribution in [0.25, 0.3) is 0 Å². The van der Waals surface area contributed by atoms with E-state index in [4.69, 9.17) is 0 Å². The van der Waals surface area contributed by atoms with Gasteiger partial charge < -0.3 is 5.11 Å². The molecule has 0 saturated heterocycles. The van der Waals surface area contributed by atoms with Gasteiger partial charge in [-0.2, -0.15) is 0 Å². The Labute approximate surface area is 219 Å². The summed E-state index contributed by atoms with van der Waals surface area (Å²) >= 11 is 1.75. The molecule has 0 amide bonds. The van der Waals surface area contributed by atoms with Crippen LogP contribution in [0.5, 0.6) is 0 Å². The maximum absolute atomic E-state index is 10.2. The predicted molar refractivity (Wildman–Crippen MR) is 157 cm³/mol. The lowest BCUT2D eigenvalue weighted by Crippen LogP contribution is -2.19. The molecule has 0 aliphatic rings. The second-order valence-electron chi connectivity index (χ2n) is 10.7. The molecule has 190 valence electrons. The monoisotopic (exact) mass is 491 g/mol. The summed E-state index contributed by atoms with van der Waals surface area (Å²) in [5, 5.41) is 10.2. The van der Waals surface area contributed by atoms with Crippen LogP contribution in [0.4, 0.5) is 5.69 Å². The molecule has 0 aliphatic heterocycles. The molecule has 2 aromatic carbocycles. The van der Waals surface area contributed by atoms with Gasteiger partial charge in [0.15, 0.2) is 0 Å². The van der Waals surface area contributed by atoms with Crippen molar-refractivity contribution in [1.82, 2.24) is 0 Å². The van der Waals surface area contributed by atoms with Gasteiger partial charge in [0, 0.05) is 16.0 Å². The Morgan fingerprint density at radius 1 is 1.00 bits per heavy atom. The largest absolute Gasteiger partial charge is 0.508 e. The third kappa shape index (κ3) is 11.6. The zero-order chi connectivity index (χ0) is 26.5. The molecule has 0 heterocycles. The van der Waals surface area contributed by atoms with E-state index in [1.165, 1.54) is 9.79 Å². The molecule has 0 bridgehead atoms. The Morgan fingerprint density at radius 3 is 2.14 bits per heavy atom. The normalized spacial score (nSPS) is 13.8. The molecule has 0 spiro atoms. The first-order valence-electron chi connectivity index (χ1n) is 12.5. The van der Waals surface area contributed by atoms with Crippen LogP contribution in [0.3, 0.4) is 0 Å². The van der Waals surface area contributed by atoms with Gasteiger partial charge in [0.05, 0.1) is 5.69 Å². The minimum atomic E-state index is -0.0543. The molecule has 0 saturated carbocycles. The van der Waals surface area contributed by atoms with Gasteiger partial charge in [0.25, 0.3) is 0 Å². The molecule has 1 atom stereocenters. The van der Waals surface area contributed by atoms with Crippen molar-refractivity contribution >= 4 is 23.7 Å². The quantitative estimate of drug-likeness (QED) is 0.172. The molecular formula is C32H45NOS. The summed E-state index contributed by atoms with van der Waals surface area (Å²) in [6.45, 7) is 21.0. The summed E-state index contributed by atoms with van der Waals surface area (Å²) in [4.78, 5) is 6.91. The summed E-state index contributed by atoms with van der Waals surface area (Å²) in [7, 11) is 0. The minimum Gasteiger partial charge on any atom is -0.508 e. The van der Waals surface area contributed by atoms with E-state index in [0.717, 1.165) is 17.7 Å². The maximum atomic E-state index is 10.2. The highest BCUT2D eigenvalue weighted by molar-refractivity contribution is 7.99. The molecule has 35 heavy (non-hydrogen) atoms. The van der Waals surface area contributed by atoms with Crippen LogP contribution in [0.15, 0.2) is 106 Å². The number of hydrogen-bond donors (Lipinski definition) is 1. The molecule has 2 rings (SSSR count). The van der Waals surface area contributed by atoms with Crippen molar-refractivity contribution in [3.63, 3.8) is 0 Å². The molecule has 1 N–H and O–H groups in total. The first-order valence-corrected chi connectivity index (χ1v) is 13.3. The molecule has 0 aromatic heterocycles. The third-order valence-corrected chi connectivity index (χ3v) is 6.67. The lowest BCUT2D eigenvalue weighted by Gasteiger charge is -2.29. The van der Waals surface area contributed by atoms with Crippen LogP contribution in [-0.2, 0) is 0 Å². The zero-order valence-electron chi connectivity index (χ0n) is 23.0. The Hall–Kier alpha value is -2.52. The molecule has 3 heteroatoms. The number of benzene rings is 2. The van der Waals surface area contributed by atoms with Crippen molar-refractivity contribution in [3.05, 3.63) is 90.7 Å². The van der Waals surface area contributed by atoms with Crippen LogP contribution in [0, 0.1) is 16.7 Å². The van der Waals surface area contributed by atoms with E-state index < -0.39 is 0 Å². The fourth-order valence-corrected chi connectivity index (χ4v) is 3.90. The fraction of sp³-hybridized carbons (Fsp3) is 0.406. The number of aliphatic imine (C=N–C) groups is 1. The van der Waals surface area contributed by atoms with Crippen LogP contribution in [-0.4, -0.2) is 11.3 Å². The Kier molecular flexibility index (Phi) is 12.9. The molecule has 0 radical (unpaired) electrons. The van der Waals surface area contributed by atoms with Crippen molar-refractivity contribution in [2.75, 3.05) is 0 Å². The second kappa shape index (κ2) is 14.8. The van der Waals surface area contributed by atoms with Crippen LogP contribution >= 0.6 is 11.8 Å². The zero-order valence-corrected chi connectivity index (χ0v) is 23.8. The number of para-hydroxylation sites is 1. The highest BCUT2D eigenvalue weighted by Crippen LogP contribution is 2.36. The van der Waals surface area contributed by atoms with E-state index in [0.29, 0.717) is 18.1 Å². The predicted octanol–water partition coefficient (Wildman–Crippen LogP) is 10.6. The highest BCUT2D eigenvalue weighted by Gasteiger charge is 2.25. The summed E-state index contributed by atoms with van der Waals surface area (Å²) in [5.74, 6) is 0.796. The van der Waals surface area contributed by atoms with Crippen molar-refractivity contribution in [1.29, 1.82) is 0 Å². The van der Waals surface area contributed by atoms with Gasteiger partial charge in [-0.25, -0.2) is 0 Å². The lowest BCUT2D eigenvalue weighted by atomic mass is 9.76. The van der Waals surface area contributed by atoms with Gasteiger partial charge >= 0.3 is 0 Å². The summed E-state index contributed by atoms with van der Waals surface area (Å²) in [6.07, 6.45) is 9.44. The van der Waals surface area contributed by atoms with E-state index >= 15 is 0 Å². The number of allylic oxidation sites excluding steroid dienone is 4. The van der Waals surface area contributed by atoms with Gasteiger partial charge in [0.1, 0.15) is 5.76 Å². The summed E-state index contributed by atoms with van der Waals surface area (Å²) in [6, 6.07) is 18.6. The average molecular weight is 492 g/mol. The van der Waals surface area contributed by atoms with Crippen LogP contribution in [0.1, 0.15) is 68.2 Å². The first kappa shape index (κ1) is 30.5. The highest BCUT2D eigenvalue weighted by atomic mass is 32.2. The topological polar surface area (TPSA) is 32.6 Å². The molecule has 2 nitrogen and oxygen atoms in total. The van der Waals surface area contributed by atoms with Gasteiger partial charge in [-0.05, 0) is 65.5 Å². The van der Waals surface area contributed by atoms with Crippen LogP contribution < -0.4 is 0 Å². The van der Waals surface area contributed by atoms with Gasteiger partial charge in [-0.1, -0.05) is 110 Å². The van der Waals surface area contributed by atoms with Crippen LogP contribution in [0.2, 0.25) is 0 Å². The van der Waals surface area contributed by atoms with E-state index in [2.05, 4.69) is 116 Å². The molecule has 1 unspecified atom stereocenters. The SMILES string of the molecule is C=CC/C=C(O)\C(=C/C(C)C(C)(C)C)C(C)(C)C.CCC=Nc1ccccc1Sc1ccccc1. The first-order chi connectivity index (χ1) is 16.4. The Bertz CT molecular complexity index is 988. The van der Waals surface area contributed by atoms with E-state index in [9.17, 15) is 5.11 Å². The number of hydrogen-bond acceptors (Lipinski definition) is 3. The third-order valence-electron chi connectivity index (χ3n) is 5.59. The van der Waals surface area contributed by atoms with Crippen molar-refractivity contribution in [2.24, 2.45) is 21.7 Å². The number of aliphatic hydroxyl groups is 1. The van der Waals surface area contributed by atoms with Gasteiger partial charge in [-0.15, -0.1) is 6.58 Å². The lowest BCUT2D eigenvalue weighted by molar-refractivity contribution is 0.305. The van der Waals surface area contributed by atoms with Gasteiger partial charge in [0.2, 0.25) is 0 Å². The minimum absolute atomic E-state index is 0.0543. The van der Waals surface area contributed by atoms with Crippen molar-refractivity contribution in [2.45, 2.75) is 78.0 Å². The Morgan fingerprint density at radius 2 is 1.60 bits per heavy atom. The Balaban J connectivity index is 0.000000350. The number of aliphatic hydroxyl groups excluding tert-OH is 1.